The minimum Gasteiger partial charge on any atom is -0.480 e. The van der Waals surface area contributed by atoms with E-state index < -0.39 is 17.4 Å². The smallest absolute Gasteiger partial charge is 0.325 e. The minimum atomic E-state index is -0.997. The SMILES string of the molecule is CC(NC(=O)C1(Cc2ccc(Cl)cc2)CC2CCC1C2)C(=O)O. The lowest BCUT2D eigenvalue weighted by molar-refractivity contribution is -0.144. The zero-order chi connectivity index (χ0) is 16.6. The van der Waals surface area contributed by atoms with Gasteiger partial charge in [0.05, 0.1) is 5.41 Å². The third-order valence-corrected chi connectivity index (χ3v) is 5.83. The van der Waals surface area contributed by atoms with E-state index in [1.54, 1.807) is 0 Å². The Morgan fingerprint density at radius 2 is 2.04 bits per heavy atom. The van der Waals surface area contributed by atoms with Gasteiger partial charge in [0.15, 0.2) is 0 Å². The first-order valence-corrected chi connectivity index (χ1v) is 8.57. The average Bonchev–Trinajstić information content (AvgIpc) is 3.10. The van der Waals surface area contributed by atoms with Crippen LogP contribution >= 0.6 is 11.6 Å². The molecule has 4 atom stereocenters. The molecule has 0 aliphatic heterocycles. The Bertz CT molecular complexity index is 615. The molecular formula is C18H22ClNO3. The van der Waals surface area contributed by atoms with Crippen LogP contribution in [0.4, 0.5) is 0 Å². The molecule has 1 aromatic rings. The summed E-state index contributed by atoms with van der Waals surface area (Å²) in [6.07, 6.45) is 4.85. The Labute approximate surface area is 141 Å². The van der Waals surface area contributed by atoms with Gasteiger partial charge in [-0.2, -0.15) is 0 Å². The number of carbonyl (C=O) groups excluding carboxylic acids is 1. The van der Waals surface area contributed by atoms with Crippen molar-refractivity contribution in [1.82, 2.24) is 5.32 Å². The lowest BCUT2D eigenvalue weighted by atomic mass is 9.68. The molecule has 0 aromatic heterocycles. The molecule has 2 bridgehead atoms. The summed E-state index contributed by atoms with van der Waals surface area (Å²) in [5.74, 6) is -0.153. The predicted molar refractivity (Wildman–Crippen MR) is 88.3 cm³/mol. The second-order valence-electron chi connectivity index (χ2n) is 7.07. The first-order valence-electron chi connectivity index (χ1n) is 8.19. The van der Waals surface area contributed by atoms with Gasteiger partial charge >= 0.3 is 5.97 Å². The Kier molecular flexibility index (Phi) is 4.37. The fourth-order valence-corrected chi connectivity index (χ4v) is 4.51. The highest BCUT2D eigenvalue weighted by molar-refractivity contribution is 6.30. The molecule has 1 amide bonds. The number of carboxylic acids is 1. The summed E-state index contributed by atoms with van der Waals surface area (Å²) in [7, 11) is 0. The van der Waals surface area contributed by atoms with Crippen molar-refractivity contribution in [2.75, 3.05) is 0 Å². The van der Waals surface area contributed by atoms with Crippen molar-refractivity contribution >= 4 is 23.5 Å². The Morgan fingerprint density at radius 1 is 1.35 bits per heavy atom. The zero-order valence-corrected chi connectivity index (χ0v) is 14.0. The van der Waals surface area contributed by atoms with Crippen molar-refractivity contribution in [2.24, 2.45) is 17.3 Å². The Balaban J connectivity index is 1.84. The standard InChI is InChI=1S/C18H22ClNO3/c1-11(16(21)22)20-17(23)18(10-13-2-5-14(18)8-13)9-12-3-6-15(19)7-4-12/h3-4,6-7,11,13-14H,2,5,8-10H2,1H3,(H,20,23)(H,21,22). The van der Waals surface area contributed by atoms with Gasteiger partial charge in [-0.15, -0.1) is 0 Å². The van der Waals surface area contributed by atoms with Crippen LogP contribution in [-0.4, -0.2) is 23.0 Å². The van der Waals surface area contributed by atoms with Crippen molar-refractivity contribution in [1.29, 1.82) is 0 Å². The maximum Gasteiger partial charge on any atom is 0.325 e. The van der Waals surface area contributed by atoms with E-state index >= 15 is 0 Å². The van der Waals surface area contributed by atoms with Crippen molar-refractivity contribution in [3.63, 3.8) is 0 Å². The monoisotopic (exact) mass is 335 g/mol. The Morgan fingerprint density at radius 3 is 2.57 bits per heavy atom. The number of nitrogens with one attached hydrogen (secondary N) is 1. The van der Waals surface area contributed by atoms with Gasteiger partial charge in [-0.05, 0) is 62.1 Å². The van der Waals surface area contributed by atoms with Crippen LogP contribution < -0.4 is 5.32 Å². The number of carbonyl (C=O) groups is 2. The van der Waals surface area contributed by atoms with Gasteiger partial charge in [0, 0.05) is 5.02 Å². The van der Waals surface area contributed by atoms with Crippen LogP contribution in [0, 0.1) is 17.3 Å². The molecular weight excluding hydrogens is 314 g/mol. The number of amides is 1. The van der Waals surface area contributed by atoms with Gasteiger partial charge in [-0.25, -0.2) is 0 Å². The van der Waals surface area contributed by atoms with E-state index in [1.807, 2.05) is 24.3 Å². The van der Waals surface area contributed by atoms with E-state index in [0.29, 0.717) is 23.3 Å². The van der Waals surface area contributed by atoms with Crippen LogP contribution in [0.15, 0.2) is 24.3 Å². The first-order chi connectivity index (χ1) is 10.9. The number of aliphatic carboxylic acids is 1. The molecule has 2 saturated carbocycles. The lowest BCUT2D eigenvalue weighted by Crippen LogP contribution is -2.50. The van der Waals surface area contributed by atoms with Gasteiger partial charge in [-0.1, -0.05) is 30.2 Å². The molecule has 23 heavy (non-hydrogen) atoms. The number of hydrogen-bond acceptors (Lipinski definition) is 2. The van der Waals surface area contributed by atoms with E-state index in [2.05, 4.69) is 5.32 Å². The fraction of sp³-hybridized carbons (Fsp3) is 0.556. The van der Waals surface area contributed by atoms with Crippen molar-refractivity contribution < 1.29 is 14.7 Å². The molecule has 4 unspecified atom stereocenters. The summed E-state index contributed by atoms with van der Waals surface area (Å²) in [6.45, 7) is 1.52. The molecule has 0 spiro atoms. The highest BCUT2D eigenvalue weighted by Gasteiger charge is 2.55. The number of hydrogen-bond donors (Lipinski definition) is 2. The summed E-state index contributed by atoms with van der Waals surface area (Å²) in [4.78, 5) is 24.0. The summed E-state index contributed by atoms with van der Waals surface area (Å²) in [5.41, 5.74) is 0.612. The number of rotatable bonds is 5. The third kappa shape index (κ3) is 3.09. The molecule has 2 N–H and O–H groups in total. The highest BCUT2D eigenvalue weighted by atomic mass is 35.5. The molecule has 124 valence electrons. The second kappa shape index (κ2) is 6.16. The number of benzene rings is 1. The molecule has 1 aromatic carbocycles. The number of fused-ring (bicyclic) bond motifs is 2. The van der Waals surface area contributed by atoms with Gasteiger partial charge < -0.3 is 10.4 Å². The van der Waals surface area contributed by atoms with Crippen molar-refractivity contribution in [2.45, 2.75) is 45.1 Å². The van der Waals surface area contributed by atoms with Gasteiger partial charge in [0.1, 0.15) is 6.04 Å². The summed E-state index contributed by atoms with van der Waals surface area (Å²) >= 11 is 5.95. The van der Waals surface area contributed by atoms with E-state index in [1.165, 1.54) is 13.3 Å². The zero-order valence-electron chi connectivity index (χ0n) is 13.2. The van der Waals surface area contributed by atoms with Gasteiger partial charge in [0.25, 0.3) is 0 Å². The maximum atomic E-state index is 12.9. The molecule has 4 nitrogen and oxygen atoms in total. The molecule has 0 heterocycles. The predicted octanol–water partition coefficient (Wildman–Crippen LogP) is 3.28. The molecule has 0 saturated heterocycles. The average molecular weight is 336 g/mol. The summed E-state index contributed by atoms with van der Waals surface area (Å²) in [5, 5.41) is 12.5. The van der Waals surface area contributed by atoms with Gasteiger partial charge in [-0.3, -0.25) is 9.59 Å². The van der Waals surface area contributed by atoms with Crippen LogP contribution in [0.25, 0.3) is 0 Å². The largest absolute Gasteiger partial charge is 0.480 e. The fourth-order valence-electron chi connectivity index (χ4n) is 4.39. The van der Waals surface area contributed by atoms with Gasteiger partial charge in [0.2, 0.25) is 5.91 Å². The summed E-state index contributed by atoms with van der Waals surface area (Å²) in [6, 6.07) is 6.75. The second-order valence-corrected chi connectivity index (χ2v) is 7.51. The van der Waals surface area contributed by atoms with E-state index in [0.717, 1.165) is 24.8 Å². The lowest BCUT2D eigenvalue weighted by Gasteiger charge is -2.37. The van der Waals surface area contributed by atoms with E-state index in [-0.39, 0.29) is 5.91 Å². The van der Waals surface area contributed by atoms with Crippen LogP contribution in [-0.2, 0) is 16.0 Å². The molecule has 2 fully saturated rings. The molecule has 2 aliphatic rings. The van der Waals surface area contributed by atoms with Crippen LogP contribution in [0.1, 0.15) is 38.2 Å². The van der Waals surface area contributed by atoms with Crippen LogP contribution in [0.2, 0.25) is 5.02 Å². The minimum absolute atomic E-state index is 0.102. The first kappa shape index (κ1) is 16.3. The Hall–Kier alpha value is -1.55. The number of halogens is 1. The van der Waals surface area contributed by atoms with Crippen LogP contribution in [0.5, 0.6) is 0 Å². The van der Waals surface area contributed by atoms with Crippen molar-refractivity contribution in [3.8, 4) is 0 Å². The molecule has 2 aliphatic carbocycles. The van der Waals surface area contributed by atoms with Crippen molar-refractivity contribution in [3.05, 3.63) is 34.9 Å². The van der Waals surface area contributed by atoms with E-state index in [4.69, 9.17) is 16.7 Å². The summed E-state index contributed by atoms with van der Waals surface area (Å²) < 4.78 is 0. The van der Waals surface area contributed by atoms with E-state index in [9.17, 15) is 9.59 Å². The third-order valence-electron chi connectivity index (χ3n) is 5.58. The molecule has 5 heteroatoms. The number of carboxylic acid groups (broad SMARTS) is 1. The normalized spacial score (nSPS) is 30.2. The van der Waals surface area contributed by atoms with Crippen LogP contribution in [0.3, 0.4) is 0 Å². The molecule has 0 radical (unpaired) electrons. The molecule has 3 rings (SSSR count). The topological polar surface area (TPSA) is 66.4 Å². The quantitative estimate of drug-likeness (QED) is 0.867. The maximum absolute atomic E-state index is 12.9. The highest BCUT2D eigenvalue weighted by Crippen LogP contribution is 2.57.